The predicted molar refractivity (Wildman–Crippen MR) is 90.9 cm³/mol. The summed E-state index contributed by atoms with van der Waals surface area (Å²) in [5.41, 5.74) is 1.18. The zero-order valence-electron chi connectivity index (χ0n) is 13.5. The Balaban J connectivity index is 2.49. The average molecular weight is 294 g/mol. The SMILES string of the molecule is CC[C@H](CCC[Si](C)(C)C)N[C@H](CO)c1ccccc1. The summed E-state index contributed by atoms with van der Waals surface area (Å²) in [6.45, 7) is 9.69. The van der Waals surface area contributed by atoms with Crippen LogP contribution < -0.4 is 5.32 Å². The number of rotatable bonds is 9. The predicted octanol–water partition coefficient (Wildman–Crippen LogP) is 4.21. The monoisotopic (exact) mass is 293 g/mol. The van der Waals surface area contributed by atoms with Crippen LogP contribution in [-0.2, 0) is 0 Å². The van der Waals surface area contributed by atoms with Crippen LogP contribution in [0.4, 0.5) is 0 Å². The molecule has 0 radical (unpaired) electrons. The zero-order chi connectivity index (χ0) is 15.0. The maximum atomic E-state index is 9.62. The fourth-order valence-electron chi connectivity index (χ4n) is 2.51. The van der Waals surface area contributed by atoms with Crippen molar-refractivity contribution in [3.05, 3.63) is 35.9 Å². The quantitative estimate of drug-likeness (QED) is 0.669. The molecule has 2 atom stereocenters. The minimum atomic E-state index is -0.926. The molecule has 0 aliphatic heterocycles. The highest BCUT2D eigenvalue weighted by Gasteiger charge is 2.17. The van der Waals surface area contributed by atoms with E-state index in [4.69, 9.17) is 0 Å². The molecule has 0 spiro atoms. The minimum absolute atomic E-state index is 0.0630. The van der Waals surface area contributed by atoms with Crippen LogP contribution in [0.3, 0.4) is 0 Å². The number of benzene rings is 1. The Morgan fingerprint density at radius 3 is 2.30 bits per heavy atom. The lowest BCUT2D eigenvalue weighted by atomic mass is 10.0. The van der Waals surface area contributed by atoms with Crippen LogP contribution in [0.2, 0.25) is 25.7 Å². The molecule has 0 amide bonds. The number of nitrogens with one attached hydrogen (secondary N) is 1. The van der Waals surface area contributed by atoms with Gasteiger partial charge in [-0.2, -0.15) is 0 Å². The summed E-state index contributed by atoms with van der Waals surface area (Å²) in [6, 6.07) is 12.2. The molecule has 0 aromatic heterocycles. The first-order valence-corrected chi connectivity index (χ1v) is 11.6. The van der Waals surface area contributed by atoms with Gasteiger partial charge in [0.2, 0.25) is 0 Å². The lowest BCUT2D eigenvalue weighted by Crippen LogP contribution is -2.34. The van der Waals surface area contributed by atoms with Gasteiger partial charge in [0.1, 0.15) is 0 Å². The summed E-state index contributed by atoms with van der Waals surface area (Å²) in [4.78, 5) is 0. The topological polar surface area (TPSA) is 32.3 Å². The van der Waals surface area contributed by atoms with Gasteiger partial charge in [-0.3, -0.25) is 0 Å². The lowest BCUT2D eigenvalue weighted by Gasteiger charge is -2.25. The highest BCUT2D eigenvalue weighted by Crippen LogP contribution is 2.18. The Bertz CT molecular complexity index is 361. The summed E-state index contributed by atoms with van der Waals surface area (Å²) in [5.74, 6) is 0. The van der Waals surface area contributed by atoms with Crippen molar-refractivity contribution in [1.29, 1.82) is 0 Å². The molecule has 0 bridgehead atoms. The maximum Gasteiger partial charge on any atom is 0.0626 e. The smallest absolute Gasteiger partial charge is 0.0626 e. The van der Waals surface area contributed by atoms with Gasteiger partial charge < -0.3 is 10.4 Å². The van der Waals surface area contributed by atoms with E-state index in [2.05, 4.69) is 44.0 Å². The second kappa shape index (κ2) is 8.60. The van der Waals surface area contributed by atoms with E-state index < -0.39 is 8.07 Å². The van der Waals surface area contributed by atoms with Crippen LogP contribution in [0.15, 0.2) is 30.3 Å². The van der Waals surface area contributed by atoms with Gasteiger partial charge >= 0.3 is 0 Å². The molecular weight excluding hydrogens is 262 g/mol. The molecule has 0 heterocycles. The third-order valence-corrected chi connectivity index (χ3v) is 5.65. The number of aliphatic hydroxyl groups is 1. The highest BCUT2D eigenvalue weighted by atomic mass is 28.3. The molecule has 0 aliphatic rings. The van der Waals surface area contributed by atoms with Crippen LogP contribution in [0.25, 0.3) is 0 Å². The van der Waals surface area contributed by atoms with Crippen LogP contribution in [0, 0.1) is 0 Å². The molecule has 0 saturated carbocycles. The highest BCUT2D eigenvalue weighted by molar-refractivity contribution is 6.76. The van der Waals surface area contributed by atoms with E-state index in [-0.39, 0.29) is 12.6 Å². The van der Waals surface area contributed by atoms with Crippen molar-refractivity contribution in [1.82, 2.24) is 5.32 Å². The van der Waals surface area contributed by atoms with Crippen LogP contribution in [0.5, 0.6) is 0 Å². The average Bonchev–Trinajstić information content (AvgIpc) is 2.42. The van der Waals surface area contributed by atoms with Crippen molar-refractivity contribution in [3.8, 4) is 0 Å². The fraction of sp³-hybridized carbons (Fsp3) is 0.647. The van der Waals surface area contributed by atoms with Gasteiger partial charge in [0.25, 0.3) is 0 Å². The van der Waals surface area contributed by atoms with Crippen molar-refractivity contribution < 1.29 is 5.11 Å². The maximum absolute atomic E-state index is 9.62. The Labute approximate surface area is 125 Å². The summed E-state index contributed by atoms with van der Waals surface area (Å²) in [6.07, 6.45) is 3.63. The molecule has 1 aromatic rings. The lowest BCUT2D eigenvalue weighted by molar-refractivity contribution is 0.228. The molecule has 0 unspecified atom stereocenters. The van der Waals surface area contributed by atoms with Crippen molar-refractivity contribution >= 4 is 8.07 Å². The van der Waals surface area contributed by atoms with Crippen molar-refractivity contribution in [2.24, 2.45) is 0 Å². The first-order valence-electron chi connectivity index (χ1n) is 7.88. The molecule has 2 nitrogen and oxygen atoms in total. The van der Waals surface area contributed by atoms with Crippen LogP contribution >= 0.6 is 0 Å². The molecule has 3 heteroatoms. The molecule has 1 aromatic carbocycles. The summed E-state index contributed by atoms with van der Waals surface area (Å²) >= 11 is 0. The van der Waals surface area contributed by atoms with E-state index >= 15 is 0 Å². The standard InChI is InChI=1S/C17H31NOSi/c1-5-16(12-9-13-20(2,3)4)18-17(14-19)15-10-7-6-8-11-15/h6-8,10-11,16-19H,5,9,12-14H2,1-4H3/t16-,17-/m1/s1. The largest absolute Gasteiger partial charge is 0.394 e. The van der Waals surface area contributed by atoms with Crippen LogP contribution in [0.1, 0.15) is 37.8 Å². The molecule has 0 saturated heterocycles. The van der Waals surface area contributed by atoms with E-state index in [1.165, 1.54) is 24.4 Å². The third kappa shape index (κ3) is 6.68. The second-order valence-electron chi connectivity index (χ2n) is 6.87. The molecular formula is C17H31NOSi. The van der Waals surface area contributed by atoms with E-state index in [1.54, 1.807) is 0 Å². The van der Waals surface area contributed by atoms with Gasteiger partial charge in [-0.1, -0.05) is 69.4 Å². The molecule has 2 N–H and O–H groups in total. The van der Waals surface area contributed by atoms with Gasteiger partial charge in [-0.15, -0.1) is 0 Å². The minimum Gasteiger partial charge on any atom is -0.394 e. The van der Waals surface area contributed by atoms with E-state index in [9.17, 15) is 5.11 Å². The van der Waals surface area contributed by atoms with Crippen molar-refractivity contribution in [3.63, 3.8) is 0 Å². The Morgan fingerprint density at radius 1 is 1.15 bits per heavy atom. The summed E-state index contributed by atoms with van der Waals surface area (Å²) < 4.78 is 0. The molecule has 114 valence electrons. The van der Waals surface area contributed by atoms with E-state index in [0.29, 0.717) is 6.04 Å². The molecule has 20 heavy (non-hydrogen) atoms. The van der Waals surface area contributed by atoms with Crippen molar-refractivity contribution in [2.75, 3.05) is 6.61 Å². The zero-order valence-corrected chi connectivity index (χ0v) is 14.5. The number of hydrogen-bond donors (Lipinski definition) is 2. The van der Waals surface area contributed by atoms with Gasteiger partial charge in [-0.25, -0.2) is 0 Å². The van der Waals surface area contributed by atoms with E-state index in [0.717, 1.165) is 6.42 Å². The fourth-order valence-corrected chi connectivity index (χ4v) is 3.77. The molecule has 1 rings (SSSR count). The number of hydrogen-bond acceptors (Lipinski definition) is 2. The first-order chi connectivity index (χ1) is 9.46. The molecule has 0 aliphatic carbocycles. The van der Waals surface area contributed by atoms with E-state index in [1.807, 2.05) is 18.2 Å². The first kappa shape index (κ1) is 17.4. The third-order valence-electron chi connectivity index (χ3n) is 3.79. The second-order valence-corrected chi connectivity index (χ2v) is 12.5. The summed E-state index contributed by atoms with van der Waals surface area (Å²) in [5, 5.41) is 13.2. The summed E-state index contributed by atoms with van der Waals surface area (Å²) in [7, 11) is -0.926. The van der Waals surface area contributed by atoms with Gasteiger partial charge in [0.05, 0.1) is 12.6 Å². The van der Waals surface area contributed by atoms with Crippen LogP contribution in [-0.4, -0.2) is 25.8 Å². The van der Waals surface area contributed by atoms with Crippen molar-refractivity contribution in [2.45, 2.75) is 64.0 Å². The van der Waals surface area contributed by atoms with Gasteiger partial charge in [0.15, 0.2) is 0 Å². The van der Waals surface area contributed by atoms with Gasteiger partial charge in [-0.05, 0) is 18.4 Å². The van der Waals surface area contributed by atoms with Gasteiger partial charge in [0, 0.05) is 14.1 Å². The normalized spacial score (nSPS) is 15.1. The Kier molecular flexibility index (Phi) is 7.49. The molecule has 0 fully saturated rings. The Morgan fingerprint density at radius 2 is 1.80 bits per heavy atom. The Hall–Kier alpha value is -0.643. The number of aliphatic hydroxyl groups excluding tert-OH is 1.